The number of amides is 2. The van der Waals surface area contributed by atoms with Gasteiger partial charge in [-0.2, -0.15) is 5.26 Å². The topological polar surface area (TPSA) is 82.0 Å². The number of halogens is 1. The molecule has 3 unspecified atom stereocenters. The molecule has 1 fully saturated rings. The van der Waals surface area contributed by atoms with Crippen molar-refractivity contribution in [3.8, 4) is 6.07 Å². The molecule has 2 aliphatic rings. The number of carbonyl (C=O) groups excluding carboxylic acids is 2. The second-order valence-corrected chi connectivity index (χ2v) is 7.88. The molecule has 1 heterocycles. The molecule has 1 aliphatic heterocycles. The van der Waals surface area contributed by atoms with Gasteiger partial charge in [-0.3, -0.25) is 9.59 Å². The highest BCUT2D eigenvalue weighted by molar-refractivity contribution is 6.17. The number of benzene rings is 3. The van der Waals surface area contributed by atoms with Gasteiger partial charge in [0.05, 0.1) is 6.07 Å². The predicted molar refractivity (Wildman–Crippen MR) is 112 cm³/mol. The van der Waals surface area contributed by atoms with Gasteiger partial charge in [0.1, 0.15) is 11.2 Å². The van der Waals surface area contributed by atoms with E-state index in [1.54, 1.807) is 36.4 Å². The van der Waals surface area contributed by atoms with Gasteiger partial charge >= 0.3 is 0 Å². The molecule has 3 aromatic rings. The van der Waals surface area contributed by atoms with Gasteiger partial charge in [0.15, 0.2) is 5.41 Å². The Hall–Kier alpha value is -3.98. The molecule has 5 rings (SSSR count). The van der Waals surface area contributed by atoms with E-state index in [9.17, 15) is 19.2 Å². The average molecular weight is 411 g/mol. The maximum absolute atomic E-state index is 13.6. The van der Waals surface area contributed by atoms with Crippen LogP contribution in [-0.2, 0) is 21.5 Å². The van der Waals surface area contributed by atoms with Crippen LogP contribution in [0.15, 0.2) is 78.9 Å². The summed E-state index contributed by atoms with van der Waals surface area (Å²) in [6, 6.07) is 24.3. The van der Waals surface area contributed by atoms with E-state index < -0.39 is 28.5 Å². The molecular formula is C25H18FN3O2. The average Bonchev–Trinajstić information content (AvgIpc) is 3.33. The van der Waals surface area contributed by atoms with Gasteiger partial charge in [0.2, 0.25) is 11.8 Å². The van der Waals surface area contributed by atoms with E-state index in [0.717, 1.165) is 5.56 Å². The lowest BCUT2D eigenvalue weighted by Crippen LogP contribution is -2.38. The highest BCUT2D eigenvalue weighted by atomic mass is 19.1. The molecule has 0 bridgehead atoms. The van der Waals surface area contributed by atoms with Crippen molar-refractivity contribution < 1.29 is 14.0 Å². The van der Waals surface area contributed by atoms with E-state index >= 15 is 0 Å². The maximum Gasteiger partial charge on any atom is 0.242 e. The molecule has 5 nitrogen and oxygen atoms in total. The van der Waals surface area contributed by atoms with Crippen molar-refractivity contribution in [3.05, 3.63) is 101 Å². The van der Waals surface area contributed by atoms with Crippen LogP contribution in [-0.4, -0.2) is 11.8 Å². The van der Waals surface area contributed by atoms with E-state index in [1.165, 1.54) is 12.1 Å². The highest BCUT2D eigenvalue weighted by Crippen LogP contribution is 2.77. The van der Waals surface area contributed by atoms with Crippen molar-refractivity contribution in [2.45, 2.75) is 17.9 Å². The Morgan fingerprint density at radius 2 is 1.71 bits per heavy atom. The van der Waals surface area contributed by atoms with Crippen LogP contribution in [0.4, 0.5) is 10.1 Å². The van der Waals surface area contributed by atoms with Gasteiger partial charge in [0, 0.05) is 18.2 Å². The van der Waals surface area contributed by atoms with Crippen molar-refractivity contribution in [1.82, 2.24) is 5.32 Å². The fourth-order valence-corrected chi connectivity index (χ4v) is 5.02. The van der Waals surface area contributed by atoms with Crippen molar-refractivity contribution in [2.24, 2.45) is 5.41 Å². The summed E-state index contributed by atoms with van der Waals surface area (Å²) in [6.45, 7) is 0.235. The third-order valence-electron chi connectivity index (χ3n) is 6.40. The zero-order chi connectivity index (χ0) is 21.6. The molecule has 1 saturated carbocycles. The Balaban J connectivity index is 1.61. The van der Waals surface area contributed by atoms with E-state index in [4.69, 9.17) is 0 Å². The van der Waals surface area contributed by atoms with Crippen LogP contribution in [0.25, 0.3) is 0 Å². The molecule has 6 heteroatoms. The maximum atomic E-state index is 13.6. The molecule has 152 valence electrons. The normalized spacial score (nSPS) is 25.4. The minimum absolute atomic E-state index is 0.235. The summed E-state index contributed by atoms with van der Waals surface area (Å²) in [6.07, 6.45) is 0. The summed E-state index contributed by atoms with van der Waals surface area (Å²) in [5.74, 6) is -2.06. The van der Waals surface area contributed by atoms with Crippen LogP contribution in [0.3, 0.4) is 0 Å². The number of carbonyl (C=O) groups is 2. The first-order valence-electron chi connectivity index (χ1n) is 9.95. The van der Waals surface area contributed by atoms with Crippen LogP contribution in [0.2, 0.25) is 0 Å². The second kappa shape index (κ2) is 6.78. The number of nitriles is 1. The molecule has 31 heavy (non-hydrogen) atoms. The third kappa shape index (κ3) is 2.47. The minimum atomic E-state index is -1.64. The summed E-state index contributed by atoms with van der Waals surface area (Å²) >= 11 is 0. The largest absolute Gasteiger partial charge is 0.351 e. The predicted octanol–water partition coefficient (Wildman–Crippen LogP) is 3.64. The van der Waals surface area contributed by atoms with Crippen molar-refractivity contribution in [2.75, 3.05) is 5.32 Å². The molecule has 0 aromatic heterocycles. The van der Waals surface area contributed by atoms with Crippen LogP contribution >= 0.6 is 0 Å². The van der Waals surface area contributed by atoms with Crippen LogP contribution in [0.1, 0.15) is 22.6 Å². The summed E-state index contributed by atoms with van der Waals surface area (Å²) in [4.78, 5) is 26.8. The molecule has 0 radical (unpaired) electrons. The summed E-state index contributed by atoms with van der Waals surface area (Å²) < 4.78 is 13.6. The lowest BCUT2D eigenvalue weighted by molar-refractivity contribution is -0.128. The Bertz CT molecular complexity index is 1240. The van der Waals surface area contributed by atoms with Crippen LogP contribution in [0, 0.1) is 22.6 Å². The van der Waals surface area contributed by atoms with E-state index in [-0.39, 0.29) is 12.5 Å². The number of rotatable bonds is 4. The van der Waals surface area contributed by atoms with E-state index in [2.05, 4.69) is 16.7 Å². The monoisotopic (exact) mass is 411 g/mol. The molecule has 3 atom stereocenters. The summed E-state index contributed by atoms with van der Waals surface area (Å²) in [5, 5.41) is 16.0. The van der Waals surface area contributed by atoms with Crippen LogP contribution in [0.5, 0.6) is 0 Å². The number of fused-ring (bicyclic) bond motifs is 2. The van der Waals surface area contributed by atoms with Gasteiger partial charge in [-0.1, -0.05) is 60.7 Å². The summed E-state index contributed by atoms with van der Waals surface area (Å²) in [7, 11) is 0. The number of nitrogens with zero attached hydrogens (tertiary/aromatic N) is 1. The first-order chi connectivity index (χ1) is 15.1. The summed E-state index contributed by atoms with van der Waals surface area (Å²) in [5.41, 5.74) is -0.344. The fraction of sp³-hybridized carbons (Fsp3) is 0.160. The van der Waals surface area contributed by atoms with Gasteiger partial charge in [0.25, 0.3) is 0 Å². The Labute approximate surface area is 178 Å². The Morgan fingerprint density at radius 3 is 2.42 bits per heavy atom. The van der Waals surface area contributed by atoms with Gasteiger partial charge in [-0.15, -0.1) is 0 Å². The lowest BCUT2D eigenvalue weighted by atomic mass is 9.87. The Morgan fingerprint density at radius 1 is 1.03 bits per heavy atom. The molecule has 2 N–H and O–H groups in total. The number of hydrogen-bond donors (Lipinski definition) is 2. The molecule has 1 spiro atoms. The molecule has 3 aromatic carbocycles. The van der Waals surface area contributed by atoms with Crippen molar-refractivity contribution >= 4 is 17.5 Å². The zero-order valence-electron chi connectivity index (χ0n) is 16.4. The number of anilines is 1. The molecule has 0 saturated heterocycles. The quantitative estimate of drug-likeness (QED) is 0.688. The third-order valence-corrected chi connectivity index (χ3v) is 6.40. The highest BCUT2D eigenvalue weighted by Gasteiger charge is 2.87. The minimum Gasteiger partial charge on any atom is -0.351 e. The Kier molecular flexibility index (Phi) is 4.16. The van der Waals surface area contributed by atoms with E-state index in [0.29, 0.717) is 16.8 Å². The smallest absolute Gasteiger partial charge is 0.242 e. The van der Waals surface area contributed by atoms with Gasteiger partial charge in [-0.05, 0) is 34.9 Å². The van der Waals surface area contributed by atoms with E-state index in [1.807, 2.05) is 30.3 Å². The second-order valence-electron chi connectivity index (χ2n) is 7.88. The first kappa shape index (κ1) is 19.0. The zero-order valence-corrected chi connectivity index (χ0v) is 16.4. The number of para-hydroxylation sites is 1. The lowest BCUT2D eigenvalue weighted by Gasteiger charge is -2.14. The number of nitrogens with one attached hydrogen (secondary N) is 2. The standard InChI is InChI=1S/C25H18FN3O2/c26-18-12-10-17(11-13-18)21-24(15-27,22(30)28-14-16-6-2-1-3-7-16)25(21)19-8-4-5-9-20(19)29-23(25)31/h1-13,21H,14H2,(H,28,30)(H,29,31). The molecular weight excluding hydrogens is 393 g/mol. The van der Waals surface area contributed by atoms with Crippen molar-refractivity contribution in [1.29, 1.82) is 5.26 Å². The molecule has 1 aliphatic carbocycles. The van der Waals surface area contributed by atoms with Crippen LogP contribution < -0.4 is 10.6 Å². The SMILES string of the molecule is N#CC1(C(=O)NCc2ccccc2)C(c2ccc(F)cc2)C12C(=O)Nc1ccccc12. The molecule has 2 amide bonds. The van der Waals surface area contributed by atoms with Crippen molar-refractivity contribution in [3.63, 3.8) is 0 Å². The van der Waals surface area contributed by atoms with Gasteiger partial charge < -0.3 is 10.6 Å². The van der Waals surface area contributed by atoms with Gasteiger partial charge in [-0.25, -0.2) is 4.39 Å². The number of hydrogen-bond acceptors (Lipinski definition) is 3. The first-order valence-corrected chi connectivity index (χ1v) is 9.95. The fourth-order valence-electron chi connectivity index (χ4n) is 5.02.